The van der Waals surface area contributed by atoms with Gasteiger partial charge in [-0.15, -0.1) is 0 Å². The van der Waals surface area contributed by atoms with E-state index >= 15 is 0 Å². The highest BCUT2D eigenvalue weighted by Crippen LogP contribution is 2.60. The Morgan fingerprint density at radius 1 is 1.12 bits per heavy atom. The number of amides is 2. The van der Waals surface area contributed by atoms with Crippen LogP contribution in [0.4, 0.5) is 0 Å². The number of nitrogens with one attached hydrogen (secondary N) is 1. The molecule has 9 nitrogen and oxygen atoms in total. The molecule has 0 aromatic heterocycles. The Balaban J connectivity index is 1.40. The van der Waals surface area contributed by atoms with Gasteiger partial charge in [-0.05, 0) is 91.9 Å². The van der Waals surface area contributed by atoms with Crippen molar-refractivity contribution >= 4 is 11.8 Å². The highest BCUT2D eigenvalue weighted by Gasteiger charge is 2.55. The number of aliphatic hydroxyl groups excluding tert-OH is 3. The number of nitrogens with zero attached hydrogens (tertiary/aromatic N) is 1. The van der Waals surface area contributed by atoms with Crippen molar-refractivity contribution in [2.75, 3.05) is 26.8 Å². The van der Waals surface area contributed by atoms with E-state index in [1.54, 1.807) is 18.2 Å². The summed E-state index contributed by atoms with van der Waals surface area (Å²) in [5, 5.41) is 34.0. The van der Waals surface area contributed by atoms with E-state index < -0.39 is 24.2 Å². The standard InChI is InChI=1S/C32H44N2O7/c1-3-4-26(37)34(17-32-13-18-7-19(14-32)9-20(8-18)15-32)24-12-23(31(39)33-5-6-35)27-22-10-21(16-36)11-25(40-2)29(22)41-30(27)28(24)38/h10-12,18-20,24,27-28,30,35-36,38H,3-9,13-17H2,1-2H3,(H,33,39)/t18?,19?,20?,24-,27+,28+,30+,32?/m1/s1. The van der Waals surface area contributed by atoms with E-state index in [1.807, 2.05) is 11.8 Å². The maximum Gasteiger partial charge on any atom is 0.247 e. The Bertz CT molecular complexity index is 1180. The van der Waals surface area contributed by atoms with Gasteiger partial charge in [-0.3, -0.25) is 9.59 Å². The summed E-state index contributed by atoms with van der Waals surface area (Å²) in [5.41, 5.74) is 1.72. The maximum atomic E-state index is 13.8. The molecule has 1 aromatic carbocycles. The predicted molar refractivity (Wildman–Crippen MR) is 151 cm³/mol. The summed E-state index contributed by atoms with van der Waals surface area (Å²) in [4.78, 5) is 29.3. The van der Waals surface area contributed by atoms with Crippen molar-refractivity contribution in [1.82, 2.24) is 10.2 Å². The summed E-state index contributed by atoms with van der Waals surface area (Å²) < 4.78 is 11.9. The van der Waals surface area contributed by atoms with Crippen LogP contribution in [0.25, 0.3) is 0 Å². The molecule has 224 valence electrons. The molecule has 5 aliphatic carbocycles. The SMILES string of the molecule is CCCC(=O)N(CC12CC3CC(CC(C3)C1)C2)[C@@H]1C=C(C(=O)NCCO)[C@@H]2c3cc(CO)cc(OC)c3O[C@@H]2[C@H]1O. The Hall–Kier alpha value is -2.62. The van der Waals surface area contributed by atoms with E-state index in [-0.39, 0.29) is 37.0 Å². The first kappa shape index (κ1) is 28.5. The lowest BCUT2D eigenvalue weighted by molar-refractivity contribution is -0.145. The fourth-order valence-corrected chi connectivity index (χ4v) is 9.18. The van der Waals surface area contributed by atoms with Crippen LogP contribution in [0.1, 0.15) is 75.3 Å². The molecule has 2 amide bonds. The fraction of sp³-hybridized carbons (Fsp3) is 0.688. The van der Waals surface area contributed by atoms with Gasteiger partial charge in [0.15, 0.2) is 11.5 Å². The van der Waals surface area contributed by atoms with Gasteiger partial charge in [0, 0.05) is 30.6 Å². The van der Waals surface area contributed by atoms with Crippen molar-refractivity contribution in [2.24, 2.45) is 23.2 Å². The lowest BCUT2D eigenvalue weighted by Crippen LogP contribution is -2.59. The third kappa shape index (κ3) is 5.04. The first-order valence-electron chi connectivity index (χ1n) is 15.4. The van der Waals surface area contributed by atoms with E-state index in [2.05, 4.69) is 5.32 Å². The van der Waals surface area contributed by atoms with Crippen LogP contribution in [0.5, 0.6) is 11.5 Å². The zero-order valence-corrected chi connectivity index (χ0v) is 24.2. The van der Waals surface area contributed by atoms with E-state index in [9.17, 15) is 24.9 Å². The zero-order valence-electron chi connectivity index (χ0n) is 24.2. The van der Waals surface area contributed by atoms with E-state index in [4.69, 9.17) is 9.47 Å². The summed E-state index contributed by atoms with van der Waals surface area (Å²) in [7, 11) is 1.52. The number of rotatable bonds is 10. The van der Waals surface area contributed by atoms with Crippen molar-refractivity contribution < 1.29 is 34.4 Å². The van der Waals surface area contributed by atoms with Gasteiger partial charge in [-0.25, -0.2) is 0 Å². The van der Waals surface area contributed by atoms with Crippen LogP contribution in [-0.4, -0.2) is 77.1 Å². The van der Waals surface area contributed by atoms with Crippen LogP contribution in [0.15, 0.2) is 23.8 Å². The number of aliphatic hydroxyl groups is 3. The number of carbonyl (C=O) groups excluding carboxylic acids is 2. The molecule has 0 unspecified atom stereocenters. The van der Waals surface area contributed by atoms with Gasteiger partial charge in [0.05, 0.1) is 32.3 Å². The second-order valence-corrected chi connectivity index (χ2v) is 13.2. The largest absolute Gasteiger partial charge is 0.493 e. The average Bonchev–Trinajstić information content (AvgIpc) is 3.34. The molecular formula is C32H44N2O7. The van der Waals surface area contributed by atoms with Crippen molar-refractivity contribution in [3.63, 3.8) is 0 Å². The number of benzene rings is 1. The molecule has 4 saturated carbocycles. The van der Waals surface area contributed by atoms with Crippen LogP contribution in [0, 0.1) is 23.2 Å². The van der Waals surface area contributed by atoms with Crippen LogP contribution >= 0.6 is 0 Å². The second-order valence-electron chi connectivity index (χ2n) is 13.2. The van der Waals surface area contributed by atoms with Crippen molar-refractivity contribution in [3.8, 4) is 11.5 Å². The summed E-state index contributed by atoms with van der Waals surface area (Å²) >= 11 is 0. The van der Waals surface area contributed by atoms with Gasteiger partial charge < -0.3 is 35.0 Å². The van der Waals surface area contributed by atoms with Crippen LogP contribution < -0.4 is 14.8 Å². The van der Waals surface area contributed by atoms with Gasteiger partial charge in [0.2, 0.25) is 11.8 Å². The fourth-order valence-electron chi connectivity index (χ4n) is 9.18. The molecule has 9 heteroatoms. The van der Waals surface area contributed by atoms with Gasteiger partial charge >= 0.3 is 0 Å². The molecule has 1 aromatic rings. The molecule has 1 aliphatic heterocycles. The lowest BCUT2D eigenvalue weighted by atomic mass is 9.49. The maximum absolute atomic E-state index is 13.8. The molecule has 0 saturated heterocycles. The number of carbonyl (C=O) groups is 2. The molecular weight excluding hydrogens is 524 g/mol. The summed E-state index contributed by atoms with van der Waals surface area (Å²) in [6.07, 6.45) is 8.24. The molecule has 41 heavy (non-hydrogen) atoms. The average molecular weight is 569 g/mol. The molecule has 6 aliphatic rings. The summed E-state index contributed by atoms with van der Waals surface area (Å²) in [6, 6.07) is 2.76. The highest BCUT2D eigenvalue weighted by molar-refractivity contribution is 5.96. The third-order valence-corrected chi connectivity index (χ3v) is 10.3. The first-order chi connectivity index (χ1) is 19.8. The van der Waals surface area contributed by atoms with Crippen LogP contribution in [0.3, 0.4) is 0 Å². The molecule has 0 radical (unpaired) electrons. The Labute approximate surface area is 241 Å². The number of methoxy groups -OCH3 is 1. The lowest BCUT2D eigenvalue weighted by Gasteiger charge is -2.58. The summed E-state index contributed by atoms with van der Waals surface area (Å²) in [6.45, 7) is 2.23. The Morgan fingerprint density at radius 3 is 2.39 bits per heavy atom. The minimum Gasteiger partial charge on any atom is -0.493 e. The van der Waals surface area contributed by atoms with Gasteiger partial charge in [-0.1, -0.05) is 6.92 Å². The molecule has 4 fully saturated rings. The molecule has 4 atom stereocenters. The van der Waals surface area contributed by atoms with Crippen LogP contribution in [-0.2, 0) is 16.2 Å². The number of ether oxygens (including phenoxy) is 2. The van der Waals surface area contributed by atoms with E-state index in [1.165, 1.54) is 26.4 Å². The quantitative estimate of drug-likeness (QED) is 0.342. The van der Waals surface area contributed by atoms with Crippen molar-refractivity contribution in [3.05, 3.63) is 34.9 Å². The number of hydrogen-bond donors (Lipinski definition) is 4. The molecule has 4 bridgehead atoms. The minimum atomic E-state index is -1.07. The monoisotopic (exact) mass is 568 g/mol. The first-order valence-corrected chi connectivity index (χ1v) is 15.4. The predicted octanol–water partition coefficient (Wildman–Crippen LogP) is 2.66. The van der Waals surface area contributed by atoms with Crippen LogP contribution in [0.2, 0.25) is 0 Å². The third-order valence-electron chi connectivity index (χ3n) is 10.3. The minimum absolute atomic E-state index is 0.00669. The molecule has 7 rings (SSSR count). The van der Waals surface area contributed by atoms with Crippen molar-refractivity contribution in [2.45, 2.75) is 89.1 Å². The zero-order chi connectivity index (χ0) is 28.9. The summed E-state index contributed by atoms with van der Waals surface area (Å²) in [5.74, 6) is 2.04. The number of hydrogen-bond acceptors (Lipinski definition) is 7. The highest BCUT2D eigenvalue weighted by atomic mass is 16.5. The van der Waals surface area contributed by atoms with E-state index in [0.717, 1.165) is 37.0 Å². The topological polar surface area (TPSA) is 129 Å². The number of fused-ring (bicyclic) bond motifs is 3. The smallest absolute Gasteiger partial charge is 0.247 e. The second kappa shape index (κ2) is 11.2. The molecule has 1 heterocycles. The Morgan fingerprint density at radius 2 is 1.80 bits per heavy atom. The van der Waals surface area contributed by atoms with Gasteiger partial charge in [0.1, 0.15) is 12.2 Å². The molecule has 4 N–H and O–H groups in total. The normalized spacial score (nSPS) is 34.4. The molecule has 0 spiro atoms. The van der Waals surface area contributed by atoms with E-state index in [0.29, 0.717) is 47.6 Å². The van der Waals surface area contributed by atoms with Gasteiger partial charge in [0.25, 0.3) is 0 Å². The Kier molecular flexibility index (Phi) is 7.80. The van der Waals surface area contributed by atoms with Gasteiger partial charge in [-0.2, -0.15) is 0 Å². The van der Waals surface area contributed by atoms with Crippen molar-refractivity contribution in [1.29, 1.82) is 0 Å².